The number of thiazole rings is 1. The molecule has 0 spiro atoms. The number of allylic oxidation sites excluding steroid dienone is 1. The number of benzene rings is 2. The second-order valence-electron chi connectivity index (χ2n) is 9.94. The summed E-state index contributed by atoms with van der Waals surface area (Å²) in [4.78, 5) is 35.0. The molecule has 4 aromatic rings. The number of hydrogen-bond donors (Lipinski definition) is 0. The van der Waals surface area contributed by atoms with E-state index in [1.165, 1.54) is 23.5 Å². The summed E-state index contributed by atoms with van der Waals surface area (Å²) >= 11 is 1.30. The first-order chi connectivity index (χ1) is 19.7. The van der Waals surface area contributed by atoms with Crippen molar-refractivity contribution in [2.45, 2.75) is 40.7 Å². The minimum atomic E-state index is -0.690. The Morgan fingerprint density at radius 1 is 1.10 bits per heavy atom. The first kappa shape index (κ1) is 28.3. The summed E-state index contributed by atoms with van der Waals surface area (Å²) < 4.78 is 23.4. The summed E-state index contributed by atoms with van der Waals surface area (Å²) in [7, 11) is 1.59. The number of rotatable bonds is 7. The largest absolute Gasteiger partial charge is 0.496 e. The van der Waals surface area contributed by atoms with Crippen molar-refractivity contribution in [3.63, 3.8) is 0 Å². The van der Waals surface area contributed by atoms with Gasteiger partial charge < -0.3 is 14.2 Å². The van der Waals surface area contributed by atoms with Crippen LogP contribution in [0.5, 0.6) is 5.75 Å². The van der Waals surface area contributed by atoms with E-state index in [-0.39, 0.29) is 17.3 Å². The maximum atomic E-state index is 14.1. The first-order valence-corrected chi connectivity index (χ1v) is 14.4. The minimum Gasteiger partial charge on any atom is -0.496 e. The summed E-state index contributed by atoms with van der Waals surface area (Å²) in [5.41, 5.74) is 5.15. The SMILES string of the molecule is CCN(CC)C(=O)C1=C(C)N=c2s/c(=C/c3cc(C)n(-c4ccc(F)cc4)c3C)c(=O)n2[C@@H]1c1ccccc1OC. The van der Waals surface area contributed by atoms with Crippen LogP contribution in [-0.4, -0.2) is 40.1 Å². The van der Waals surface area contributed by atoms with Gasteiger partial charge in [0, 0.05) is 35.7 Å². The molecular formula is C32H33FN4O3S. The first-order valence-electron chi connectivity index (χ1n) is 13.6. The van der Waals surface area contributed by atoms with E-state index in [2.05, 4.69) is 0 Å². The fraction of sp³-hybridized carbons (Fsp3) is 0.281. The number of fused-ring (bicyclic) bond motifs is 1. The molecule has 7 nitrogen and oxygen atoms in total. The Balaban J connectivity index is 1.72. The topological polar surface area (TPSA) is 68.8 Å². The minimum absolute atomic E-state index is 0.149. The molecule has 5 rings (SSSR count). The van der Waals surface area contributed by atoms with Gasteiger partial charge in [0.1, 0.15) is 17.6 Å². The Morgan fingerprint density at radius 3 is 2.44 bits per heavy atom. The molecule has 212 valence electrons. The molecular weight excluding hydrogens is 539 g/mol. The van der Waals surface area contributed by atoms with E-state index in [0.717, 1.165) is 28.2 Å². The van der Waals surface area contributed by atoms with E-state index in [4.69, 9.17) is 9.73 Å². The average molecular weight is 573 g/mol. The lowest BCUT2D eigenvalue weighted by molar-refractivity contribution is -0.127. The zero-order chi connectivity index (χ0) is 29.4. The third kappa shape index (κ3) is 4.95. The van der Waals surface area contributed by atoms with Crippen molar-refractivity contribution in [1.82, 2.24) is 14.0 Å². The molecule has 1 amide bonds. The van der Waals surface area contributed by atoms with Crippen LogP contribution in [0.1, 0.15) is 49.3 Å². The highest BCUT2D eigenvalue weighted by Gasteiger charge is 2.35. The fourth-order valence-electron chi connectivity index (χ4n) is 5.53. The second kappa shape index (κ2) is 11.3. The van der Waals surface area contributed by atoms with E-state index in [9.17, 15) is 14.0 Å². The number of methoxy groups -OCH3 is 1. The summed E-state index contributed by atoms with van der Waals surface area (Å²) in [5, 5.41) is 0. The third-order valence-electron chi connectivity index (χ3n) is 7.58. The molecule has 41 heavy (non-hydrogen) atoms. The number of aromatic nitrogens is 2. The van der Waals surface area contributed by atoms with Gasteiger partial charge in [-0.25, -0.2) is 9.38 Å². The van der Waals surface area contributed by atoms with E-state index < -0.39 is 6.04 Å². The molecule has 1 aliphatic heterocycles. The normalized spacial score (nSPS) is 15.1. The zero-order valence-electron chi connectivity index (χ0n) is 24.1. The lowest BCUT2D eigenvalue weighted by Gasteiger charge is -2.29. The van der Waals surface area contributed by atoms with Crippen LogP contribution in [0, 0.1) is 19.7 Å². The van der Waals surface area contributed by atoms with Crippen molar-refractivity contribution in [3.05, 3.63) is 114 Å². The van der Waals surface area contributed by atoms with Crippen LogP contribution >= 0.6 is 11.3 Å². The smallest absolute Gasteiger partial charge is 0.271 e. The molecule has 1 atom stereocenters. The molecule has 0 aliphatic carbocycles. The van der Waals surface area contributed by atoms with Crippen molar-refractivity contribution in [2.75, 3.05) is 20.2 Å². The molecule has 0 radical (unpaired) electrons. The molecule has 2 aromatic carbocycles. The predicted molar refractivity (Wildman–Crippen MR) is 160 cm³/mol. The molecule has 0 bridgehead atoms. The van der Waals surface area contributed by atoms with Crippen LogP contribution < -0.4 is 19.6 Å². The van der Waals surface area contributed by atoms with Crippen LogP contribution in [0.3, 0.4) is 0 Å². The van der Waals surface area contributed by atoms with Crippen molar-refractivity contribution in [2.24, 2.45) is 4.99 Å². The summed E-state index contributed by atoms with van der Waals surface area (Å²) in [5.74, 6) is 0.148. The van der Waals surface area contributed by atoms with Crippen molar-refractivity contribution in [3.8, 4) is 11.4 Å². The highest BCUT2D eigenvalue weighted by Crippen LogP contribution is 2.36. The monoisotopic (exact) mass is 572 g/mol. The Labute approximate surface area is 242 Å². The van der Waals surface area contributed by atoms with Gasteiger partial charge in [0.05, 0.1) is 22.9 Å². The quantitative estimate of drug-likeness (QED) is 0.324. The standard InChI is InChI=1S/C32H33FN4O3S/c1-7-35(8-2)31(39)28-20(4)34-32-37(29(28)25-11-9-10-12-26(25)40-6)30(38)27(41-32)18-22-17-19(3)36(21(22)5)24-15-13-23(33)14-16-24/h9-18,29H,7-8H2,1-6H3/b27-18+/t29-/m1/s1. The number of hydrogen-bond acceptors (Lipinski definition) is 5. The van der Waals surface area contributed by atoms with Crippen LogP contribution in [0.4, 0.5) is 4.39 Å². The number of aryl methyl sites for hydroxylation is 1. The number of ether oxygens (including phenoxy) is 1. The van der Waals surface area contributed by atoms with E-state index in [1.807, 2.05) is 75.6 Å². The lowest BCUT2D eigenvalue weighted by atomic mass is 9.94. The van der Waals surface area contributed by atoms with Crippen LogP contribution in [0.25, 0.3) is 11.8 Å². The molecule has 3 heterocycles. The van der Waals surface area contributed by atoms with Gasteiger partial charge in [-0.3, -0.25) is 14.2 Å². The molecule has 2 aromatic heterocycles. The van der Waals surface area contributed by atoms with Gasteiger partial charge in [0.25, 0.3) is 11.5 Å². The summed E-state index contributed by atoms with van der Waals surface area (Å²) in [6.07, 6.45) is 1.87. The number of carbonyl (C=O) groups is 1. The van der Waals surface area contributed by atoms with E-state index in [1.54, 1.807) is 28.7 Å². The van der Waals surface area contributed by atoms with Crippen molar-refractivity contribution < 1.29 is 13.9 Å². The maximum absolute atomic E-state index is 14.1. The van der Waals surface area contributed by atoms with E-state index in [0.29, 0.717) is 39.4 Å². The molecule has 0 unspecified atom stereocenters. The molecule has 0 fully saturated rings. The Bertz CT molecular complexity index is 1840. The lowest BCUT2D eigenvalue weighted by Crippen LogP contribution is -2.43. The number of halogens is 1. The van der Waals surface area contributed by atoms with Crippen molar-refractivity contribution in [1.29, 1.82) is 0 Å². The van der Waals surface area contributed by atoms with Gasteiger partial charge in [0.15, 0.2) is 4.80 Å². The van der Waals surface area contributed by atoms with Crippen molar-refractivity contribution >= 4 is 23.3 Å². The molecule has 0 N–H and O–H groups in total. The number of para-hydroxylation sites is 1. The summed E-state index contributed by atoms with van der Waals surface area (Å²) in [6, 6.07) is 15.1. The van der Waals surface area contributed by atoms with Gasteiger partial charge in [0.2, 0.25) is 0 Å². The van der Waals surface area contributed by atoms with Gasteiger partial charge in [-0.2, -0.15) is 0 Å². The Morgan fingerprint density at radius 2 is 1.78 bits per heavy atom. The van der Waals surface area contributed by atoms with Crippen LogP contribution in [-0.2, 0) is 4.79 Å². The van der Waals surface area contributed by atoms with Gasteiger partial charge in [-0.1, -0.05) is 29.5 Å². The number of amides is 1. The fourth-order valence-corrected chi connectivity index (χ4v) is 6.56. The molecule has 1 aliphatic rings. The Kier molecular flexibility index (Phi) is 7.82. The van der Waals surface area contributed by atoms with Gasteiger partial charge in [-0.05, 0) is 82.7 Å². The highest BCUT2D eigenvalue weighted by atomic mass is 32.1. The number of nitrogens with zero attached hydrogens (tertiary/aromatic N) is 4. The van der Waals surface area contributed by atoms with Crippen LogP contribution in [0.2, 0.25) is 0 Å². The van der Waals surface area contributed by atoms with E-state index >= 15 is 0 Å². The average Bonchev–Trinajstić information content (AvgIpc) is 3.42. The maximum Gasteiger partial charge on any atom is 0.271 e. The molecule has 9 heteroatoms. The van der Waals surface area contributed by atoms with Gasteiger partial charge in [-0.15, -0.1) is 0 Å². The van der Waals surface area contributed by atoms with Gasteiger partial charge >= 0.3 is 0 Å². The van der Waals surface area contributed by atoms with Crippen LogP contribution in [0.15, 0.2) is 75.7 Å². The summed E-state index contributed by atoms with van der Waals surface area (Å²) in [6.45, 7) is 10.7. The third-order valence-corrected chi connectivity index (χ3v) is 8.56. The molecule has 0 saturated carbocycles. The number of carbonyl (C=O) groups excluding carboxylic acids is 1. The second-order valence-corrected chi connectivity index (χ2v) is 10.9. The number of likely N-dealkylation sites (N-methyl/N-ethyl adjacent to an activating group) is 1. The highest BCUT2D eigenvalue weighted by molar-refractivity contribution is 7.07. The predicted octanol–water partition coefficient (Wildman–Crippen LogP) is 4.66. The zero-order valence-corrected chi connectivity index (χ0v) is 24.9. The Hall–Kier alpha value is -4.24. The molecule has 0 saturated heterocycles.